The fourth-order valence-corrected chi connectivity index (χ4v) is 3.61. The fraction of sp³-hybridized carbons (Fsp3) is 0.818. The van der Waals surface area contributed by atoms with Gasteiger partial charge in [0.15, 0.2) is 0 Å². The topological polar surface area (TPSA) is 20.2 Å². The third-order valence-corrected chi connectivity index (χ3v) is 2.62. The van der Waals surface area contributed by atoms with Crippen LogP contribution in [-0.4, -0.2) is 13.8 Å². The van der Waals surface area contributed by atoms with Crippen molar-refractivity contribution in [3.05, 3.63) is 11.8 Å². The minimum absolute atomic E-state index is 0.0459. The van der Waals surface area contributed by atoms with E-state index in [-0.39, 0.29) is 8.65 Å². The highest BCUT2D eigenvalue weighted by Gasteiger charge is 2.29. The molecule has 0 aromatic carbocycles. The van der Waals surface area contributed by atoms with Gasteiger partial charge in [-0.3, -0.25) is 0 Å². The first kappa shape index (κ1) is 14.5. The maximum atomic E-state index is 9.60. The molecular weight excluding hydrogens is 308 g/mol. The van der Waals surface area contributed by atoms with E-state index in [0.29, 0.717) is 12.2 Å². The fourth-order valence-electron chi connectivity index (χ4n) is 1.62. The molecule has 0 heterocycles. The van der Waals surface area contributed by atoms with E-state index < -0.39 is 0 Å². The molecular formula is C11H20Br2O. The monoisotopic (exact) mass is 326 g/mol. The Morgan fingerprint density at radius 3 is 2.14 bits per heavy atom. The van der Waals surface area contributed by atoms with Gasteiger partial charge in [-0.25, -0.2) is 0 Å². The largest absolute Gasteiger partial charge is 0.513 e. The molecule has 0 amide bonds. The van der Waals surface area contributed by atoms with Gasteiger partial charge in [0, 0.05) is 15.1 Å². The summed E-state index contributed by atoms with van der Waals surface area (Å²) in [4.78, 5) is 0. The van der Waals surface area contributed by atoms with E-state index in [1.807, 2.05) is 13.0 Å². The van der Waals surface area contributed by atoms with Crippen molar-refractivity contribution >= 4 is 31.9 Å². The highest BCUT2D eigenvalue weighted by Crippen LogP contribution is 2.37. The van der Waals surface area contributed by atoms with Gasteiger partial charge in [0.1, 0.15) is 0 Å². The van der Waals surface area contributed by atoms with E-state index in [9.17, 15) is 5.11 Å². The summed E-state index contributed by atoms with van der Waals surface area (Å²) in [6.07, 6.45) is 4.38. The van der Waals surface area contributed by atoms with Gasteiger partial charge in [0.2, 0.25) is 0 Å². The first-order valence-electron chi connectivity index (χ1n) is 4.92. The molecule has 0 radical (unpaired) electrons. The maximum absolute atomic E-state index is 9.60. The van der Waals surface area contributed by atoms with Gasteiger partial charge in [-0.05, 0) is 25.8 Å². The summed E-state index contributed by atoms with van der Waals surface area (Å²) in [7, 11) is 0. The predicted molar refractivity (Wildman–Crippen MR) is 70.6 cm³/mol. The van der Waals surface area contributed by atoms with E-state index in [1.165, 1.54) is 0 Å². The van der Waals surface area contributed by atoms with Gasteiger partial charge in [-0.2, -0.15) is 0 Å². The minimum Gasteiger partial charge on any atom is -0.513 e. The molecule has 0 aromatic heterocycles. The number of hydrogen-bond donors (Lipinski definition) is 1. The van der Waals surface area contributed by atoms with Gasteiger partial charge >= 0.3 is 0 Å². The first-order valence-corrected chi connectivity index (χ1v) is 6.51. The third kappa shape index (κ3) is 7.86. The average molecular weight is 328 g/mol. The second-order valence-corrected chi connectivity index (χ2v) is 8.65. The number of hydrogen-bond acceptors (Lipinski definition) is 1. The number of aliphatic hydroxyl groups excluding tert-OH is 1. The van der Waals surface area contributed by atoms with Crippen LogP contribution in [0, 0.1) is 0 Å². The van der Waals surface area contributed by atoms with E-state index in [4.69, 9.17) is 0 Å². The molecule has 14 heavy (non-hydrogen) atoms. The van der Waals surface area contributed by atoms with Crippen molar-refractivity contribution in [1.29, 1.82) is 0 Å². The van der Waals surface area contributed by atoms with Gasteiger partial charge < -0.3 is 5.11 Å². The van der Waals surface area contributed by atoms with Crippen molar-refractivity contribution in [3.8, 4) is 0 Å². The van der Waals surface area contributed by atoms with Crippen LogP contribution in [0.15, 0.2) is 11.8 Å². The molecule has 0 fully saturated rings. The summed E-state index contributed by atoms with van der Waals surface area (Å²) in [5.41, 5.74) is 0. The number of rotatable bonds is 5. The number of halogens is 2. The average Bonchev–Trinajstić information content (AvgIpc) is 1.78. The van der Waals surface area contributed by atoms with Crippen LogP contribution in [0.4, 0.5) is 0 Å². The lowest BCUT2D eigenvalue weighted by atomic mass is 9.94. The zero-order chi connectivity index (χ0) is 11.4. The standard InChI is InChI=1S/C11H20Br2O/c1-5-6-9(14)7-11(4,13)8-10(2,3)12/h6,14H,5,7-8H2,1-4H3. The Kier molecular flexibility index (Phi) is 5.75. The molecule has 1 atom stereocenters. The van der Waals surface area contributed by atoms with Gasteiger partial charge in [0.05, 0.1) is 5.76 Å². The molecule has 0 spiro atoms. The smallest absolute Gasteiger partial charge is 0.0896 e. The summed E-state index contributed by atoms with van der Waals surface area (Å²) >= 11 is 7.27. The Balaban J connectivity index is 4.27. The predicted octanol–water partition coefficient (Wildman–Crippen LogP) is 4.95. The van der Waals surface area contributed by atoms with Crippen molar-refractivity contribution in [2.45, 2.75) is 55.6 Å². The van der Waals surface area contributed by atoms with Crippen LogP contribution in [0.25, 0.3) is 0 Å². The molecule has 0 aliphatic heterocycles. The van der Waals surface area contributed by atoms with Crippen LogP contribution in [0.2, 0.25) is 0 Å². The van der Waals surface area contributed by atoms with E-state index in [2.05, 4.69) is 52.6 Å². The molecule has 0 rings (SSSR count). The zero-order valence-electron chi connectivity index (χ0n) is 9.40. The Bertz CT molecular complexity index is 202. The van der Waals surface area contributed by atoms with E-state index in [0.717, 1.165) is 12.8 Å². The second-order valence-electron chi connectivity index (χ2n) is 4.59. The number of allylic oxidation sites excluding steroid dienone is 2. The molecule has 1 N–H and O–H groups in total. The van der Waals surface area contributed by atoms with Crippen LogP contribution in [-0.2, 0) is 0 Å². The van der Waals surface area contributed by atoms with Crippen molar-refractivity contribution < 1.29 is 5.11 Å². The summed E-state index contributed by atoms with van der Waals surface area (Å²) in [5, 5.41) is 9.60. The first-order chi connectivity index (χ1) is 6.16. The maximum Gasteiger partial charge on any atom is 0.0896 e. The molecule has 0 aliphatic carbocycles. The normalized spacial score (nSPS) is 18.0. The van der Waals surface area contributed by atoms with Crippen LogP contribution in [0.3, 0.4) is 0 Å². The molecule has 0 saturated carbocycles. The molecule has 84 valence electrons. The molecule has 3 heteroatoms. The lowest BCUT2D eigenvalue weighted by Crippen LogP contribution is -2.26. The highest BCUT2D eigenvalue weighted by molar-refractivity contribution is 9.10. The van der Waals surface area contributed by atoms with Crippen molar-refractivity contribution in [1.82, 2.24) is 0 Å². The van der Waals surface area contributed by atoms with Gasteiger partial charge in [-0.15, -0.1) is 0 Å². The number of aliphatic hydroxyl groups is 1. The lowest BCUT2D eigenvalue weighted by molar-refractivity contribution is 0.357. The van der Waals surface area contributed by atoms with Crippen LogP contribution in [0.1, 0.15) is 47.0 Å². The Hall–Kier alpha value is 0.500. The van der Waals surface area contributed by atoms with Gasteiger partial charge in [-0.1, -0.05) is 52.6 Å². The van der Waals surface area contributed by atoms with Crippen LogP contribution < -0.4 is 0 Å². The Morgan fingerprint density at radius 1 is 1.29 bits per heavy atom. The molecule has 1 nitrogen and oxygen atoms in total. The van der Waals surface area contributed by atoms with Crippen molar-refractivity contribution in [3.63, 3.8) is 0 Å². The molecule has 0 aromatic rings. The third-order valence-electron chi connectivity index (χ3n) is 1.78. The number of alkyl halides is 2. The SMILES string of the molecule is CCC=C(O)CC(C)(Br)CC(C)(C)Br. The quantitative estimate of drug-likeness (QED) is 0.559. The summed E-state index contributed by atoms with van der Waals surface area (Å²) in [6, 6.07) is 0. The molecule has 0 saturated heterocycles. The zero-order valence-corrected chi connectivity index (χ0v) is 12.6. The Morgan fingerprint density at radius 2 is 1.79 bits per heavy atom. The van der Waals surface area contributed by atoms with E-state index in [1.54, 1.807) is 0 Å². The molecule has 1 unspecified atom stereocenters. The van der Waals surface area contributed by atoms with Crippen molar-refractivity contribution in [2.75, 3.05) is 0 Å². The summed E-state index contributed by atoms with van der Waals surface area (Å²) in [5.74, 6) is 0.476. The van der Waals surface area contributed by atoms with Crippen LogP contribution >= 0.6 is 31.9 Å². The Labute approximate surface area is 104 Å². The molecule has 0 aliphatic rings. The highest BCUT2D eigenvalue weighted by atomic mass is 79.9. The summed E-state index contributed by atoms with van der Waals surface area (Å²) in [6.45, 7) is 8.39. The van der Waals surface area contributed by atoms with Gasteiger partial charge in [0.25, 0.3) is 0 Å². The van der Waals surface area contributed by atoms with E-state index >= 15 is 0 Å². The lowest BCUT2D eigenvalue weighted by Gasteiger charge is -2.29. The minimum atomic E-state index is -0.0459. The molecule has 0 bridgehead atoms. The van der Waals surface area contributed by atoms with Crippen molar-refractivity contribution in [2.24, 2.45) is 0 Å². The second kappa shape index (κ2) is 5.55. The summed E-state index contributed by atoms with van der Waals surface area (Å²) < 4.78 is 0.0491. The van der Waals surface area contributed by atoms with Crippen LogP contribution in [0.5, 0.6) is 0 Å².